The fraction of sp³-hybridized carbons (Fsp3) is 0.158. The van der Waals surface area contributed by atoms with E-state index in [-0.39, 0.29) is 0 Å². The number of rotatable bonds is 3. The van der Waals surface area contributed by atoms with Gasteiger partial charge in [0.1, 0.15) is 0 Å². The molecule has 0 amide bonds. The van der Waals surface area contributed by atoms with Gasteiger partial charge >= 0.3 is 0 Å². The van der Waals surface area contributed by atoms with Crippen molar-refractivity contribution in [2.24, 2.45) is 0 Å². The Labute approximate surface area is 225 Å². The molecule has 0 radical (unpaired) electrons. The average Bonchev–Trinajstić information content (AvgIpc) is 2.96. The van der Waals surface area contributed by atoms with Gasteiger partial charge in [-0.2, -0.15) is 0 Å². The monoisotopic (exact) mass is 488 g/mol. The highest BCUT2D eigenvalue weighted by Crippen LogP contribution is 2.39. The van der Waals surface area contributed by atoms with Gasteiger partial charge in [0.2, 0.25) is 0 Å². The third kappa shape index (κ3) is 3.92. The van der Waals surface area contributed by atoms with E-state index in [9.17, 15) is 0 Å². The summed E-state index contributed by atoms with van der Waals surface area (Å²) >= 11 is 0. The molecule has 0 fully saturated rings. The lowest BCUT2D eigenvalue weighted by Crippen LogP contribution is -1.96. The van der Waals surface area contributed by atoms with Gasteiger partial charge in [0.25, 0.3) is 0 Å². The van der Waals surface area contributed by atoms with Crippen LogP contribution in [0.15, 0.2) is 109 Å². The lowest BCUT2D eigenvalue weighted by atomic mass is 9.86. The largest absolute Gasteiger partial charge is 0.0839 e. The van der Waals surface area contributed by atoms with Crippen molar-refractivity contribution in [3.05, 3.63) is 131 Å². The van der Waals surface area contributed by atoms with Crippen molar-refractivity contribution < 1.29 is 0 Å². The Morgan fingerprint density at radius 2 is 1.21 bits per heavy atom. The molecule has 38 heavy (non-hydrogen) atoms. The predicted octanol–water partition coefficient (Wildman–Crippen LogP) is 10.7. The van der Waals surface area contributed by atoms with E-state index in [2.05, 4.69) is 123 Å². The van der Waals surface area contributed by atoms with Crippen molar-refractivity contribution in [2.75, 3.05) is 0 Å². The van der Waals surface area contributed by atoms with E-state index >= 15 is 0 Å². The van der Waals surface area contributed by atoms with E-state index in [0.29, 0.717) is 0 Å². The molecule has 0 aromatic heterocycles. The van der Waals surface area contributed by atoms with E-state index in [1.54, 1.807) is 0 Å². The van der Waals surface area contributed by atoms with Crippen molar-refractivity contribution in [1.29, 1.82) is 0 Å². The first kappa shape index (κ1) is 23.0. The molecule has 2 aliphatic carbocycles. The lowest BCUT2D eigenvalue weighted by Gasteiger charge is -2.18. The van der Waals surface area contributed by atoms with Crippen LogP contribution in [0.1, 0.15) is 48.4 Å². The van der Waals surface area contributed by atoms with Crippen LogP contribution in [0.25, 0.3) is 55.4 Å². The van der Waals surface area contributed by atoms with Gasteiger partial charge in [-0.25, -0.2) is 0 Å². The maximum absolute atomic E-state index is 2.42. The molecule has 7 rings (SSSR count). The van der Waals surface area contributed by atoms with Gasteiger partial charge < -0.3 is 0 Å². The minimum atomic E-state index is 1.12. The third-order valence-electron chi connectivity index (χ3n) is 8.49. The SMILES string of the molecule is CC1=C(c2cc(-c3cccc4cc5c(-c6ccc7c(c6)C=CCC7)cccc5cc34)ccc2C)CCC=C1. The molecule has 184 valence electrons. The van der Waals surface area contributed by atoms with Crippen molar-refractivity contribution in [3.8, 4) is 22.3 Å². The van der Waals surface area contributed by atoms with E-state index in [0.717, 1.165) is 25.7 Å². The van der Waals surface area contributed by atoms with Gasteiger partial charge in [-0.3, -0.25) is 0 Å². The van der Waals surface area contributed by atoms with Crippen molar-refractivity contribution >= 4 is 33.2 Å². The van der Waals surface area contributed by atoms with Gasteiger partial charge in [0.05, 0.1) is 0 Å². The van der Waals surface area contributed by atoms with Crippen LogP contribution in [-0.4, -0.2) is 0 Å². The Balaban J connectivity index is 1.38. The smallest absolute Gasteiger partial charge is 0.00990 e. The summed E-state index contributed by atoms with van der Waals surface area (Å²) in [5.74, 6) is 0. The van der Waals surface area contributed by atoms with Crippen molar-refractivity contribution in [3.63, 3.8) is 0 Å². The van der Waals surface area contributed by atoms with Crippen LogP contribution in [0.4, 0.5) is 0 Å². The fourth-order valence-electron chi connectivity index (χ4n) is 6.40. The highest BCUT2D eigenvalue weighted by molar-refractivity contribution is 6.09. The van der Waals surface area contributed by atoms with Crippen LogP contribution in [-0.2, 0) is 6.42 Å². The highest BCUT2D eigenvalue weighted by Gasteiger charge is 2.14. The van der Waals surface area contributed by atoms with Crippen LogP contribution in [0, 0.1) is 6.92 Å². The van der Waals surface area contributed by atoms with Crippen LogP contribution < -0.4 is 0 Å². The first-order valence-corrected chi connectivity index (χ1v) is 13.9. The Bertz CT molecular complexity index is 1820. The van der Waals surface area contributed by atoms with Gasteiger partial charge in [-0.05, 0) is 141 Å². The summed E-state index contributed by atoms with van der Waals surface area (Å²) in [6.07, 6.45) is 13.7. The van der Waals surface area contributed by atoms with E-state index in [4.69, 9.17) is 0 Å². The van der Waals surface area contributed by atoms with E-state index in [1.165, 1.54) is 77.2 Å². The molecule has 0 heterocycles. The number of benzene rings is 5. The van der Waals surface area contributed by atoms with Gasteiger partial charge in [-0.15, -0.1) is 0 Å². The second-order valence-electron chi connectivity index (χ2n) is 10.9. The summed E-state index contributed by atoms with van der Waals surface area (Å²) < 4.78 is 0. The summed E-state index contributed by atoms with van der Waals surface area (Å²) in [6.45, 7) is 4.49. The second kappa shape index (κ2) is 9.30. The van der Waals surface area contributed by atoms with Crippen LogP contribution in [0.5, 0.6) is 0 Å². The average molecular weight is 489 g/mol. The molecule has 0 nitrogen and oxygen atoms in total. The Hall–Kier alpha value is -4.16. The molecule has 2 aliphatic rings. The minimum absolute atomic E-state index is 1.12. The number of aryl methyl sites for hydroxylation is 2. The number of hydrogen-bond donors (Lipinski definition) is 0. The molecule has 0 aliphatic heterocycles. The molecule has 0 spiro atoms. The zero-order valence-electron chi connectivity index (χ0n) is 22.2. The first-order chi connectivity index (χ1) is 18.7. The molecule has 5 aromatic rings. The summed E-state index contributed by atoms with van der Waals surface area (Å²) in [7, 11) is 0. The Morgan fingerprint density at radius 3 is 1.95 bits per heavy atom. The quantitative estimate of drug-likeness (QED) is 0.222. The number of fused-ring (bicyclic) bond motifs is 3. The zero-order valence-corrected chi connectivity index (χ0v) is 22.2. The number of hydrogen-bond acceptors (Lipinski definition) is 0. The Morgan fingerprint density at radius 1 is 0.553 bits per heavy atom. The lowest BCUT2D eigenvalue weighted by molar-refractivity contribution is 0.986. The fourth-order valence-corrected chi connectivity index (χ4v) is 6.40. The zero-order chi connectivity index (χ0) is 25.6. The minimum Gasteiger partial charge on any atom is -0.0839 e. The molecular formula is C38H32. The van der Waals surface area contributed by atoms with Crippen molar-refractivity contribution in [1.82, 2.24) is 0 Å². The summed E-state index contributed by atoms with van der Waals surface area (Å²) in [5, 5.41) is 5.21. The molecule has 0 N–H and O–H groups in total. The summed E-state index contributed by atoms with van der Waals surface area (Å²) in [4.78, 5) is 0. The molecule has 0 saturated heterocycles. The van der Waals surface area contributed by atoms with Crippen molar-refractivity contribution in [2.45, 2.75) is 39.5 Å². The van der Waals surface area contributed by atoms with Crippen LogP contribution in [0.3, 0.4) is 0 Å². The third-order valence-corrected chi connectivity index (χ3v) is 8.49. The molecule has 0 bridgehead atoms. The van der Waals surface area contributed by atoms with Gasteiger partial charge in [-0.1, -0.05) is 85.0 Å². The maximum Gasteiger partial charge on any atom is -0.00990 e. The maximum atomic E-state index is 2.42. The summed E-state index contributed by atoms with van der Waals surface area (Å²) in [6, 6.07) is 32.3. The van der Waals surface area contributed by atoms with Gasteiger partial charge in [0.15, 0.2) is 0 Å². The Kier molecular flexibility index (Phi) is 5.63. The topological polar surface area (TPSA) is 0 Å². The van der Waals surface area contributed by atoms with E-state index in [1.807, 2.05) is 0 Å². The van der Waals surface area contributed by atoms with Crippen LogP contribution >= 0.6 is 0 Å². The molecule has 0 unspecified atom stereocenters. The predicted molar refractivity (Wildman–Crippen MR) is 165 cm³/mol. The molecule has 0 heteroatoms. The molecule has 0 atom stereocenters. The standard InChI is InChI=1S/C38H32/c1-25-9-3-6-14-33(25)36-22-32(18-17-26(36)2)35-16-8-13-30-23-37-29(24-38(30)35)12-7-15-34(37)31-20-19-27-10-4-5-11-28(27)21-31/h3,5,7-9,11-13,15-24H,4,6,10,14H2,1-2H3. The summed E-state index contributed by atoms with van der Waals surface area (Å²) in [5.41, 5.74) is 13.7. The normalized spacial score (nSPS) is 14.9. The van der Waals surface area contributed by atoms with Crippen LogP contribution in [0.2, 0.25) is 0 Å². The molecular weight excluding hydrogens is 456 g/mol. The van der Waals surface area contributed by atoms with Gasteiger partial charge in [0, 0.05) is 0 Å². The molecule has 5 aromatic carbocycles. The highest BCUT2D eigenvalue weighted by atomic mass is 14.2. The first-order valence-electron chi connectivity index (χ1n) is 13.9. The second-order valence-corrected chi connectivity index (χ2v) is 10.9. The number of allylic oxidation sites excluding steroid dienone is 5. The molecule has 0 saturated carbocycles. The van der Waals surface area contributed by atoms with E-state index < -0.39 is 0 Å².